The van der Waals surface area contributed by atoms with Crippen LogP contribution in [0.4, 0.5) is 0 Å². The van der Waals surface area contributed by atoms with Crippen LogP contribution in [0.1, 0.15) is 5.56 Å². The predicted molar refractivity (Wildman–Crippen MR) is 62.7 cm³/mol. The van der Waals surface area contributed by atoms with Crippen molar-refractivity contribution in [2.75, 3.05) is 0 Å². The van der Waals surface area contributed by atoms with E-state index in [0.717, 1.165) is 0 Å². The van der Waals surface area contributed by atoms with Gasteiger partial charge in [-0.3, -0.25) is 14.5 Å². The van der Waals surface area contributed by atoms with E-state index in [0.29, 0.717) is 17.0 Å². The average Bonchev–Trinajstić information content (AvgIpc) is 2.29. The third-order valence-electron chi connectivity index (χ3n) is 2.14. The molecule has 6 heteroatoms. The Hall–Kier alpha value is -1.79. The molecule has 0 saturated heterocycles. The van der Waals surface area contributed by atoms with Crippen LogP contribution in [0.3, 0.4) is 0 Å². The fraction of sp³-hybridized carbons (Fsp3) is 0.0909. The normalized spacial score (nSPS) is 11.4. The molecule has 0 atom stereocenters. The smallest absolute Gasteiger partial charge is 0.269 e. The highest BCUT2D eigenvalue weighted by Gasteiger charge is 2.13. The van der Waals surface area contributed by atoms with E-state index in [2.05, 4.69) is 9.97 Å². The summed E-state index contributed by atoms with van der Waals surface area (Å²) in [5, 5.41) is 0. The lowest BCUT2D eigenvalue weighted by Crippen LogP contribution is -2.04. The van der Waals surface area contributed by atoms with Gasteiger partial charge in [0.1, 0.15) is 5.75 Å². The van der Waals surface area contributed by atoms with Gasteiger partial charge in [-0.15, -0.1) is 0 Å². The van der Waals surface area contributed by atoms with Gasteiger partial charge in [0.05, 0.1) is 11.4 Å². The van der Waals surface area contributed by atoms with Gasteiger partial charge < -0.3 is 0 Å². The van der Waals surface area contributed by atoms with Gasteiger partial charge in [0, 0.05) is 12.4 Å². The van der Waals surface area contributed by atoms with Crippen molar-refractivity contribution >= 4 is 10.1 Å². The molecule has 0 unspecified atom stereocenters. The second-order valence-corrected chi connectivity index (χ2v) is 4.90. The van der Waals surface area contributed by atoms with Crippen molar-refractivity contribution in [2.24, 2.45) is 0 Å². The van der Waals surface area contributed by atoms with Gasteiger partial charge in [0.25, 0.3) is 10.1 Å². The van der Waals surface area contributed by atoms with E-state index in [1.165, 1.54) is 0 Å². The van der Waals surface area contributed by atoms with Crippen molar-refractivity contribution in [1.82, 2.24) is 9.97 Å². The summed E-state index contributed by atoms with van der Waals surface area (Å²) in [7, 11) is -4.08. The van der Waals surface area contributed by atoms with Gasteiger partial charge >= 0.3 is 0 Å². The van der Waals surface area contributed by atoms with Gasteiger partial charge in [-0.1, -0.05) is 12.1 Å². The van der Waals surface area contributed by atoms with Crippen molar-refractivity contribution in [3.05, 3.63) is 48.3 Å². The summed E-state index contributed by atoms with van der Waals surface area (Å²) < 4.78 is 30.6. The summed E-state index contributed by atoms with van der Waals surface area (Å²) in [6.07, 6.45) is 3.15. The molecule has 88 valence electrons. The summed E-state index contributed by atoms with van der Waals surface area (Å²) in [6.45, 7) is 0. The highest BCUT2D eigenvalue weighted by atomic mass is 32.2. The van der Waals surface area contributed by atoms with Gasteiger partial charge in [0.15, 0.2) is 0 Å². The first kappa shape index (κ1) is 11.7. The summed E-state index contributed by atoms with van der Waals surface area (Å²) >= 11 is 0. The highest BCUT2D eigenvalue weighted by Crippen LogP contribution is 2.20. The van der Waals surface area contributed by atoms with Crippen LogP contribution >= 0.6 is 0 Å². The molecule has 0 radical (unpaired) electrons. The molecule has 2 aromatic rings. The quantitative estimate of drug-likeness (QED) is 0.835. The minimum atomic E-state index is -4.08. The minimum Gasteiger partial charge on any atom is -0.285 e. The summed E-state index contributed by atoms with van der Waals surface area (Å²) in [4.78, 5) is 8.20. The lowest BCUT2D eigenvalue weighted by molar-refractivity contribution is 0.482. The first-order valence-corrected chi connectivity index (χ1v) is 6.47. The average molecular weight is 250 g/mol. The fourth-order valence-electron chi connectivity index (χ4n) is 1.49. The standard InChI is InChI=1S/C11H10N2O3S/c14-17(15,16)8-9-4-3-7-13-11(9)10-5-1-2-6-12-10/h1-7H,8H2,(H,14,15,16). The van der Waals surface area contributed by atoms with Crippen LogP contribution in [0.25, 0.3) is 11.4 Å². The van der Waals surface area contributed by atoms with Crippen LogP contribution < -0.4 is 0 Å². The molecule has 2 aromatic heterocycles. The Labute approximate surface area is 98.9 Å². The summed E-state index contributed by atoms with van der Waals surface area (Å²) in [6, 6.07) is 8.50. The predicted octanol–water partition coefficient (Wildman–Crippen LogP) is 1.53. The second-order valence-electron chi connectivity index (χ2n) is 3.45. The maximum Gasteiger partial charge on any atom is 0.269 e. The van der Waals surface area contributed by atoms with Gasteiger partial charge in [-0.2, -0.15) is 8.42 Å². The first-order valence-electron chi connectivity index (χ1n) is 4.87. The molecule has 0 aliphatic carbocycles. The zero-order valence-corrected chi connectivity index (χ0v) is 9.63. The first-order chi connectivity index (χ1) is 8.06. The lowest BCUT2D eigenvalue weighted by Gasteiger charge is -2.05. The van der Waals surface area contributed by atoms with E-state index in [-0.39, 0.29) is 0 Å². The maximum atomic E-state index is 10.9. The topological polar surface area (TPSA) is 80.2 Å². The Kier molecular flexibility index (Phi) is 3.16. The molecule has 5 nitrogen and oxygen atoms in total. The van der Waals surface area contributed by atoms with Crippen molar-refractivity contribution in [3.63, 3.8) is 0 Å². The van der Waals surface area contributed by atoms with Crippen molar-refractivity contribution in [2.45, 2.75) is 5.75 Å². The van der Waals surface area contributed by atoms with Crippen molar-refractivity contribution in [3.8, 4) is 11.4 Å². The third kappa shape index (κ3) is 3.08. The fourth-order valence-corrected chi connectivity index (χ4v) is 2.11. The molecule has 2 rings (SSSR count). The van der Waals surface area contributed by atoms with Crippen molar-refractivity contribution in [1.29, 1.82) is 0 Å². The number of hydrogen-bond donors (Lipinski definition) is 1. The molecule has 17 heavy (non-hydrogen) atoms. The lowest BCUT2D eigenvalue weighted by atomic mass is 10.1. The van der Waals surface area contributed by atoms with E-state index in [4.69, 9.17) is 4.55 Å². The molecule has 0 amide bonds. The third-order valence-corrected chi connectivity index (χ3v) is 2.81. The number of pyridine rings is 2. The van der Waals surface area contributed by atoms with Crippen molar-refractivity contribution < 1.29 is 13.0 Å². The molecule has 0 saturated carbocycles. The maximum absolute atomic E-state index is 10.9. The number of hydrogen-bond acceptors (Lipinski definition) is 4. The van der Waals surface area contributed by atoms with Crippen LogP contribution in [-0.4, -0.2) is 22.9 Å². The SMILES string of the molecule is O=S(=O)(O)Cc1cccnc1-c1ccccn1. The zero-order valence-electron chi connectivity index (χ0n) is 8.81. The molecule has 0 bridgehead atoms. The van der Waals surface area contributed by atoms with Crippen LogP contribution in [0.2, 0.25) is 0 Å². The molecular formula is C11H10N2O3S. The second kappa shape index (κ2) is 4.60. The number of nitrogens with zero attached hydrogens (tertiary/aromatic N) is 2. The van der Waals surface area contributed by atoms with Gasteiger partial charge in [-0.25, -0.2) is 0 Å². The molecule has 0 fully saturated rings. The number of aromatic nitrogens is 2. The molecule has 0 spiro atoms. The Balaban J connectivity index is 2.49. The highest BCUT2D eigenvalue weighted by molar-refractivity contribution is 7.85. The largest absolute Gasteiger partial charge is 0.285 e. The van der Waals surface area contributed by atoms with Crippen LogP contribution in [0.15, 0.2) is 42.7 Å². The molecule has 0 aromatic carbocycles. The Morgan fingerprint density at radius 2 is 1.82 bits per heavy atom. The molecular weight excluding hydrogens is 240 g/mol. The van der Waals surface area contributed by atoms with Gasteiger partial charge in [-0.05, 0) is 23.8 Å². The molecule has 0 aliphatic rings. The number of rotatable bonds is 3. The van der Waals surface area contributed by atoms with E-state index in [1.54, 1.807) is 42.7 Å². The van der Waals surface area contributed by atoms with E-state index in [9.17, 15) is 8.42 Å². The Morgan fingerprint density at radius 1 is 1.06 bits per heavy atom. The molecule has 1 N–H and O–H groups in total. The molecule has 2 heterocycles. The summed E-state index contributed by atoms with van der Waals surface area (Å²) in [5.74, 6) is -0.466. The minimum absolute atomic E-state index is 0.425. The van der Waals surface area contributed by atoms with Crippen LogP contribution in [0.5, 0.6) is 0 Å². The Morgan fingerprint density at radius 3 is 2.47 bits per heavy atom. The van der Waals surface area contributed by atoms with E-state index < -0.39 is 15.9 Å². The van der Waals surface area contributed by atoms with Crippen LogP contribution in [-0.2, 0) is 15.9 Å². The van der Waals surface area contributed by atoms with E-state index in [1.807, 2.05) is 0 Å². The van der Waals surface area contributed by atoms with Crippen LogP contribution in [0, 0.1) is 0 Å². The Bertz CT molecular complexity index is 612. The van der Waals surface area contributed by atoms with Gasteiger partial charge in [0.2, 0.25) is 0 Å². The van der Waals surface area contributed by atoms with E-state index >= 15 is 0 Å². The molecule has 0 aliphatic heterocycles. The zero-order chi connectivity index (χ0) is 12.3. The summed E-state index contributed by atoms with van der Waals surface area (Å²) in [5.41, 5.74) is 1.46. The monoisotopic (exact) mass is 250 g/mol.